The molecule has 2 aliphatic rings. The number of hydrogen-bond acceptors (Lipinski definition) is 3. The average molecular weight is 286 g/mol. The van der Waals surface area contributed by atoms with Crippen LogP contribution in [0.2, 0.25) is 0 Å². The number of hydrogen-bond donors (Lipinski definition) is 1. The predicted molar refractivity (Wildman–Crippen MR) is 85.2 cm³/mol. The third kappa shape index (κ3) is 2.38. The molecule has 2 aromatic rings. The lowest BCUT2D eigenvalue weighted by atomic mass is 9.71. The maximum Gasteiger partial charge on any atom is 0.0954 e. The molecule has 1 aliphatic carbocycles. The highest BCUT2D eigenvalue weighted by Crippen LogP contribution is 2.38. The van der Waals surface area contributed by atoms with Crippen molar-refractivity contribution in [2.45, 2.75) is 44.6 Å². The topological polar surface area (TPSA) is 24.9 Å². The summed E-state index contributed by atoms with van der Waals surface area (Å²) in [6.07, 6.45) is 8.28. The predicted octanol–water partition coefficient (Wildman–Crippen LogP) is 4.01. The first-order valence-electron chi connectivity index (χ1n) is 7.98. The summed E-state index contributed by atoms with van der Waals surface area (Å²) < 4.78 is 1.33. The molecule has 3 atom stereocenters. The molecule has 20 heavy (non-hydrogen) atoms. The third-order valence-electron chi connectivity index (χ3n) is 5.14. The van der Waals surface area contributed by atoms with Gasteiger partial charge in [-0.05, 0) is 43.4 Å². The molecule has 3 heteroatoms. The maximum absolute atomic E-state index is 4.82. The standard InChI is InChI=1S/C17H22N2S/c1-2-6-13-12(5-1)9-10-18-15(13)11-17-19-14-7-3-4-8-16(14)20-17/h3-4,7-8,12-13,15,18H,1-2,5-6,9-11H2. The van der Waals surface area contributed by atoms with Crippen molar-refractivity contribution in [3.05, 3.63) is 29.3 Å². The Kier molecular flexibility index (Phi) is 3.49. The highest BCUT2D eigenvalue weighted by molar-refractivity contribution is 7.18. The van der Waals surface area contributed by atoms with Crippen molar-refractivity contribution in [3.8, 4) is 0 Å². The fraction of sp³-hybridized carbons (Fsp3) is 0.588. The van der Waals surface area contributed by atoms with E-state index in [-0.39, 0.29) is 0 Å². The van der Waals surface area contributed by atoms with Crippen LogP contribution in [0.5, 0.6) is 0 Å². The van der Waals surface area contributed by atoms with E-state index in [9.17, 15) is 0 Å². The fourth-order valence-corrected chi connectivity index (χ4v) is 5.17. The van der Waals surface area contributed by atoms with Gasteiger partial charge in [0.15, 0.2) is 0 Å². The van der Waals surface area contributed by atoms with Crippen molar-refractivity contribution in [1.29, 1.82) is 0 Å². The molecule has 0 bridgehead atoms. The normalized spacial score (nSPS) is 30.3. The first-order valence-corrected chi connectivity index (χ1v) is 8.79. The number of fused-ring (bicyclic) bond motifs is 2. The zero-order valence-electron chi connectivity index (χ0n) is 11.8. The first-order chi connectivity index (χ1) is 9.90. The second kappa shape index (κ2) is 5.45. The summed E-state index contributed by atoms with van der Waals surface area (Å²) in [5.74, 6) is 1.87. The van der Waals surface area contributed by atoms with Crippen LogP contribution in [0.15, 0.2) is 24.3 Å². The van der Waals surface area contributed by atoms with Crippen LogP contribution in [0.25, 0.3) is 10.2 Å². The van der Waals surface area contributed by atoms with Gasteiger partial charge in [0.1, 0.15) is 0 Å². The summed E-state index contributed by atoms with van der Waals surface area (Å²) in [7, 11) is 0. The molecule has 2 heterocycles. The van der Waals surface area contributed by atoms with Gasteiger partial charge in [-0.3, -0.25) is 0 Å². The molecule has 1 saturated heterocycles. The van der Waals surface area contributed by atoms with Crippen LogP contribution in [-0.2, 0) is 6.42 Å². The Bertz CT molecular complexity index is 556. The highest BCUT2D eigenvalue weighted by Gasteiger charge is 2.34. The molecule has 0 radical (unpaired) electrons. The Morgan fingerprint density at radius 2 is 2.05 bits per heavy atom. The van der Waals surface area contributed by atoms with Gasteiger partial charge in [-0.1, -0.05) is 31.4 Å². The molecule has 106 valence electrons. The smallest absolute Gasteiger partial charge is 0.0954 e. The second-order valence-corrected chi connectivity index (χ2v) is 7.45. The summed E-state index contributed by atoms with van der Waals surface area (Å²) in [5.41, 5.74) is 1.17. The van der Waals surface area contributed by atoms with E-state index in [2.05, 4.69) is 29.6 Å². The number of thiazole rings is 1. The van der Waals surface area contributed by atoms with Crippen LogP contribution in [0.1, 0.15) is 37.1 Å². The molecule has 2 fully saturated rings. The van der Waals surface area contributed by atoms with E-state index in [1.807, 2.05) is 11.3 Å². The fourth-order valence-electron chi connectivity index (χ4n) is 4.15. The second-order valence-electron chi connectivity index (χ2n) is 6.34. The maximum atomic E-state index is 4.82. The highest BCUT2D eigenvalue weighted by atomic mass is 32.1. The minimum atomic E-state index is 0.662. The number of nitrogens with one attached hydrogen (secondary N) is 1. The van der Waals surface area contributed by atoms with Crippen LogP contribution in [-0.4, -0.2) is 17.6 Å². The van der Waals surface area contributed by atoms with Gasteiger partial charge in [0.25, 0.3) is 0 Å². The lowest BCUT2D eigenvalue weighted by Gasteiger charge is -2.41. The molecule has 2 nitrogen and oxygen atoms in total. The SMILES string of the molecule is c1ccc2sc(CC3NCCC4CCCCC43)nc2c1. The minimum absolute atomic E-state index is 0.662. The number of nitrogens with zero attached hydrogens (tertiary/aromatic N) is 1. The van der Waals surface area contributed by atoms with Crippen molar-refractivity contribution in [3.63, 3.8) is 0 Å². The van der Waals surface area contributed by atoms with E-state index in [0.717, 1.165) is 18.3 Å². The number of aromatic nitrogens is 1. The zero-order valence-corrected chi connectivity index (χ0v) is 12.7. The molecule has 1 aliphatic heterocycles. The van der Waals surface area contributed by atoms with E-state index >= 15 is 0 Å². The molecule has 1 saturated carbocycles. The van der Waals surface area contributed by atoms with Crippen LogP contribution in [0.3, 0.4) is 0 Å². The molecular formula is C17H22N2S. The van der Waals surface area contributed by atoms with Gasteiger partial charge in [0.2, 0.25) is 0 Å². The Balaban J connectivity index is 1.54. The van der Waals surface area contributed by atoms with Crippen LogP contribution in [0, 0.1) is 11.8 Å². The molecule has 1 aromatic carbocycles. The van der Waals surface area contributed by atoms with Gasteiger partial charge in [0.05, 0.1) is 15.2 Å². The molecule has 0 spiro atoms. The monoisotopic (exact) mass is 286 g/mol. The molecular weight excluding hydrogens is 264 g/mol. The Morgan fingerprint density at radius 1 is 1.15 bits per heavy atom. The van der Waals surface area contributed by atoms with E-state index in [4.69, 9.17) is 4.98 Å². The van der Waals surface area contributed by atoms with Crippen LogP contribution >= 0.6 is 11.3 Å². The van der Waals surface area contributed by atoms with Crippen molar-refractivity contribution in [2.75, 3.05) is 6.54 Å². The van der Waals surface area contributed by atoms with Gasteiger partial charge in [0, 0.05) is 12.5 Å². The third-order valence-corrected chi connectivity index (χ3v) is 6.20. The first kappa shape index (κ1) is 12.8. The molecule has 4 rings (SSSR count). The molecule has 3 unspecified atom stereocenters. The van der Waals surface area contributed by atoms with Crippen molar-refractivity contribution < 1.29 is 0 Å². The van der Waals surface area contributed by atoms with Gasteiger partial charge in [-0.25, -0.2) is 4.98 Å². The van der Waals surface area contributed by atoms with E-state index in [1.165, 1.54) is 53.9 Å². The minimum Gasteiger partial charge on any atom is -0.313 e. The number of rotatable bonds is 2. The molecule has 0 amide bonds. The largest absolute Gasteiger partial charge is 0.313 e. The average Bonchev–Trinajstić information content (AvgIpc) is 2.90. The lowest BCUT2D eigenvalue weighted by Crippen LogP contribution is -2.48. The summed E-state index contributed by atoms with van der Waals surface area (Å²) in [5, 5.41) is 5.09. The van der Waals surface area contributed by atoms with Gasteiger partial charge >= 0.3 is 0 Å². The van der Waals surface area contributed by atoms with Crippen molar-refractivity contribution >= 4 is 21.6 Å². The quantitative estimate of drug-likeness (QED) is 0.902. The van der Waals surface area contributed by atoms with Gasteiger partial charge < -0.3 is 5.32 Å². The molecule has 1 N–H and O–H groups in total. The zero-order chi connectivity index (χ0) is 13.4. The molecule has 1 aromatic heterocycles. The summed E-state index contributed by atoms with van der Waals surface area (Å²) in [4.78, 5) is 4.82. The Hall–Kier alpha value is -0.930. The number of piperidine rings is 1. The summed E-state index contributed by atoms with van der Waals surface area (Å²) >= 11 is 1.88. The van der Waals surface area contributed by atoms with E-state index in [1.54, 1.807) is 0 Å². The lowest BCUT2D eigenvalue weighted by molar-refractivity contribution is 0.133. The number of benzene rings is 1. The number of para-hydroxylation sites is 1. The van der Waals surface area contributed by atoms with Crippen molar-refractivity contribution in [1.82, 2.24) is 10.3 Å². The van der Waals surface area contributed by atoms with Gasteiger partial charge in [-0.2, -0.15) is 0 Å². The summed E-state index contributed by atoms with van der Waals surface area (Å²) in [6.45, 7) is 1.21. The van der Waals surface area contributed by atoms with E-state index < -0.39 is 0 Å². The van der Waals surface area contributed by atoms with Crippen molar-refractivity contribution in [2.24, 2.45) is 11.8 Å². The summed E-state index contributed by atoms with van der Waals surface area (Å²) in [6, 6.07) is 9.18. The Labute approximate surface area is 124 Å². The Morgan fingerprint density at radius 3 is 3.00 bits per heavy atom. The van der Waals surface area contributed by atoms with Crippen LogP contribution in [0.4, 0.5) is 0 Å². The van der Waals surface area contributed by atoms with E-state index in [0.29, 0.717) is 6.04 Å². The van der Waals surface area contributed by atoms with Gasteiger partial charge in [-0.15, -0.1) is 11.3 Å². The van der Waals surface area contributed by atoms with Crippen LogP contribution < -0.4 is 5.32 Å².